The van der Waals surface area contributed by atoms with Crippen molar-refractivity contribution in [2.24, 2.45) is 0 Å². The van der Waals surface area contributed by atoms with Crippen LogP contribution in [0.15, 0.2) is 12.1 Å². The van der Waals surface area contributed by atoms with Crippen LogP contribution in [-0.4, -0.2) is 42.2 Å². The Morgan fingerprint density at radius 1 is 1.55 bits per heavy atom. The Morgan fingerprint density at radius 2 is 2.30 bits per heavy atom. The fourth-order valence-corrected chi connectivity index (χ4v) is 2.54. The normalized spacial score (nSPS) is 19.8. The van der Waals surface area contributed by atoms with E-state index in [0.29, 0.717) is 12.6 Å². The molecule has 4 N–H and O–H groups in total. The molecule has 1 saturated heterocycles. The van der Waals surface area contributed by atoms with Gasteiger partial charge in [0.2, 0.25) is 0 Å². The van der Waals surface area contributed by atoms with E-state index in [-0.39, 0.29) is 16.9 Å². The molecule has 2 rings (SSSR count). The van der Waals surface area contributed by atoms with E-state index in [1.807, 2.05) is 7.05 Å². The van der Waals surface area contributed by atoms with Crippen LogP contribution < -0.4 is 11.1 Å². The number of nitrogens with two attached hydrogens (primary N) is 1. The molecular formula is C14H20FN3O2. The number of carboxylic acids is 1. The Morgan fingerprint density at radius 3 is 2.95 bits per heavy atom. The van der Waals surface area contributed by atoms with E-state index in [0.717, 1.165) is 19.0 Å². The summed E-state index contributed by atoms with van der Waals surface area (Å²) in [5, 5.41) is 12.0. The first-order valence-corrected chi connectivity index (χ1v) is 6.75. The summed E-state index contributed by atoms with van der Waals surface area (Å²) in [6.07, 6.45) is 3.42. The molecule has 1 aliphatic rings. The lowest BCUT2D eigenvalue weighted by Crippen LogP contribution is -2.40. The van der Waals surface area contributed by atoms with Gasteiger partial charge in [-0.25, -0.2) is 9.18 Å². The quantitative estimate of drug-likeness (QED) is 0.736. The zero-order valence-electron chi connectivity index (χ0n) is 11.5. The summed E-state index contributed by atoms with van der Waals surface area (Å²) >= 11 is 0. The van der Waals surface area contributed by atoms with Crippen LogP contribution >= 0.6 is 0 Å². The molecule has 0 saturated carbocycles. The highest BCUT2D eigenvalue weighted by molar-refractivity contribution is 5.94. The van der Waals surface area contributed by atoms with Crippen molar-refractivity contribution >= 4 is 17.3 Å². The van der Waals surface area contributed by atoms with Gasteiger partial charge in [-0.05, 0) is 38.6 Å². The number of piperidine rings is 1. The minimum absolute atomic E-state index is 0.0599. The second kappa shape index (κ2) is 6.09. The van der Waals surface area contributed by atoms with Crippen LogP contribution in [0.2, 0.25) is 0 Å². The number of carboxylic acid groups (broad SMARTS) is 1. The van der Waals surface area contributed by atoms with E-state index in [1.54, 1.807) is 0 Å². The van der Waals surface area contributed by atoms with E-state index in [1.165, 1.54) is 18.9 Å². The van der Waals surface area contributed by atoms with Gasteiger partial charge in [-0.15, -0.1) is 0 Å². The number of likely N-dealkylation sites (tertiary alicyclic amines) is 1. The molecule has 0 spiro atoms. The molecule has 1 unspecified atom stereocenters. The van der Waals surface area contributed by atoms with Crippen molar-refractivity contribution in [2.45, 2.75) is 25.3 Å². The first-order chi connectivity index (χ1) is 9.49. The third kappa shape index (κ3) is 3.19. The highest BCUT2D eigenvalue weighted by Gasteiger charge is 2.19. The topological polar surface area (TPSA) is 78.6 Å². The molecule has 1 aromatic carbocycles. The van der Waals surface area contributed by atoms with Crippen LogP contribution in [0.3, 0.4) is 0 Å². The average molecular weight is 281 g/mol. The van der Waals surface area contributed by atoms with Crippen LogP contribution in [-0.2, 0) is 0 Å². The molecule has 0 amide bonds. The molecule has 5 nitrogen and oxygen atoms in total. The second-order valence-electron chi connectivity index (χ2n) is 5.24. The standard InChI is InChI=1S/C14H20FN3O2/c1-18-5-3-2-4-9(18)8-17-13-6-10(14(19)20)12(16)7-11(13)15/h6-7,9,17H,2-5,8,16H2,1H3,(H,19,20). The maximum Gasteiger partial charge on any atom is 0.337 e. The van der Waals surface area contributed by atoms with Gasteiger partial charge >= 0.3 is 5.97 Å². The number of rotatable bonds is 4. The fraction of sp³-hybridized carbons (Fsp3) is 0.500. The first kappa shape index (κ1) is 14.6. The van der Waals surface area contributed by atoms with E-state index in [4.69, 9.17) is 10.8 Å². The van der Waals surface area contributed by atoms with Crippen LogP contribution in [0.25, 0.3) is 0 Å². The van der Waals surface area contributed by atoms with Crippen LogP contribution in [0.4, 0.5) is 15.8 Å². The molecule has 6 heteroatoms. The average Bonchev–Trinajstić information content (AvgIpc) is 2.39. The van der Waals surface area contributed by atoms with E-state index < -0.39 is 11.8 Å². The predicted molar refractivity (Wildman–Crippen MR) is 76.5 cm³/mol. The largest absolute Gasteiger partial charge is 0.478 e. The summed E-state index contributed by atoms with van der Waals surface area (Å²) in [4.78, 5) is 13.2. The molecule has 20 heavy (non-hydrogen) atoms. The molecule has 110 valence electrons. The lowest BCUT2D eigenvalue weighted by atomic mass is 10.0. The van der Waals surface area contributed by atoms with Gasteiger partial charge in [-0.3, -0.25) is 0 Å². The van der Waals surface area contributed by atoms with Crippen LogP contribution in [0.1, 0.15) is 29.6 Å². The van der Waals surface area contributed by atoms with Gasteiger partial charge in [0.25, 0.3) is 0 Å². The van der Waals surface area contributed by atoms with Gasteiger partial charge in [-0.2, -0.15) is 0 Å². The number of hydrogen-bond acceptors (Lipinski definition) is 4. The van der Waals surface area contributed by atoms with Gasteiger partial charge in [0.15, 0.2) is 0 Å². The highest BCUT2D eigenvalue weighted by Crippen LogP contribution is 2.23. The Bertz CT molecular complexity index is 507. The molecule has 1 aromatic rings. The molecule has 1 fully saturated rings. The van der Waals surface area contributed by atoms with Crippen molar-refractivity contribution in [2.75, 3.05) is 31.2 Å². The number of hydrogen-bond donors (Lipinski definition) is 3. The van der Waals surface area contributed by atoms with E-state index >= 15 is 0 Å². The van der Waals surface area contributed by atoms with Gasteiger partial charge in [0.05, 0.1) is 11.3 Å². The summed E-state index contributed by atoms with van der Waals surface area (Å²) in [5.41, 5.74) is 5.55. The molecule has 0 aromatic heterocycles. The molecule has 0 radical (unpaired) electrons. The summed E-state index contributed by atoms with van der Waals surface area (Å²) < 4.78 is 13.8. The van der Waals surface area contributed by atoms with E-state index in [9.17, 15) is 9.18 Å². The van der Waals surface area contributed by atoms with Gasteiger partial charge in [0, 0.05) is 18.3 Å². The molecule has 1 heterocycles. The number of carbonyl (C=O) groups is 1. The smallest absolute Gasteiger partial charge is 0.337 e. The van der Waals surface area contributed by atoms with Crippen molar-refractivity contribution in [3.63, 3.8) is 0 Å². The zero-order chi connectivity index (χ0) is 14.7. The third-order valence-electron chi connectivity index (χ3n) is 3.82. The Balaban J connectivity index is 2.09. The van der Waals surface area contributed by atoms with Crippen LogP contribution in [0.5, 0.6) is 0 Å². The number of likely N-dealkylation sites (N-methyl/N-ethyl adjacent to an activating group) is 1. The minimum atomic E-state index is -1.15. The number of nitrogens with one attached hydrogen (secondary N) is 1. The fourth-order valence-electron chi connectivity index (χ4n) is 2.54. The number of aromatic carboxylic acids is 1. The highest BCUT2D eigenvalue weighted by atomic mass is 19.1. The lowest BCUT2D eigenvalue weighted by molar-refractivity contribution is 0.0698. The Hall–Kier alpha value is -1.82. The number of benzene rings is 1. The third-order valence-corrected chi connectivity index (χ3v) is 3.82. The van der Waals surface area contributed by atoms with Crippen LogP contribution in [0, 0.1) is 5.82 Å². The number of anilines is 2. The maximum atomic E-state index is 13.8. The van der Waals surface area contributed by atoms with E-state index in [2.05, 4.69) is 10.2 Å². The summed E-state index contributed by atoms with van der Waals surface area (Å²) in [6.45, 7) is 1.63. The number of halogens is 1. The molecule has 0 bridgehead atoms. The second-order valence-corrected chi connectivity index (χ2v) is 5.24. The molecule has 1 atom stereocenters. The van der Waals surface area contributed by atoms with Crippen molar-refractivity contribution in [1.82, 2.24) is 4.90 Å². The lowest BCUT2D eigenvalue weighted by Gasteiger charge is -2.32. The number of nitrogen functional groups attached to an aromatic ring is 1. The summed E-state index contributed by atoms with van der Waals surface area (Å²) in [5.74, 6) is -1.67. The molecular weight excluding hydrogens is 261 g/mol. The summed E-state index contributed by atoms with van der Waals surface area (Å²) in [6, 6.07) is 2.65. The van der Waals surface area contributed by atoms with Gasteiger partial charge in [-0.1, -0.05) is 6.42 Å². The SMILES string of the molecule is CN1CCCCC1CNc1cc(C(=O)O)c(N)cc1F. The Kier molecular flexibility index (Phi) is 4.44. The van der Waals surface area contributed by atoms with Crippen molar-refractivity contribution in [1.29, 1.82) is 0 Å². The van der Waals surface area contributed by atoms with Crippen molar-refractivity contribution in [3.8, 4) is 0 Å². The molecule has 0 aliphatic carbocycles. The minimum Gasteiger partial charge on any atom is -0.478 e. The van der Waals surface area contributed by atoms with Crippen molar-refractivity contribution < 1.29 is 14.3 Å². The summed E-state index contributed by atoms with van der Waals surface area (Å²) in [7, 11) is 2.05. The number of nitrogens with zero attached hydrogens (tertiary/aromatic N) is 1. The van der Waals surface area contributed by atoms with Crippen molar-refractivity contribution in [3.05, 3.63) is 23.5 Å². The van der Waals surface area contributed by atoms with Gasteiger partial charge in [0.1, 0.15) is 5.82 Å². The first-order valence-electron chi connectivity index (χ1n) is 6.75. The van der Waals surface area contributed by atoms with Gasteiger partial charge < -0.3 is 21.1 Å². The molecule has 1 aliphatic heterocycles. The Labute approximate surface area is 117 Å². The zero-order valence-corrected chi connectivity index (χ0v) is 11.5. The predicted octanol–water partition coefficient (Wildman–Crippen LogP) is 2.00. The maximum absolute atomic E-state index is 13.8. The monoisotopic (exact) mass is 281 g/mol.